The van der Waals surface area contributed by atoms with Crippen LogP contribution >= 0.6 is 0 Å². The summed E-state index contributed by atoms with van der Waals surface area (Å²) in [5.41, 5.74) is 5.86. The highest BCUT2D eigenvalue weighted by Gasteiger charge is 2.40. The number of carbonyl (C=O) groups excluding carboxylic acids is 1. The lowest BCUT2D eigenvalue weighted by Crippen LogP contribution is -2.37. The molecule has 3 aromatic rings. The number of benzene rings is 2. The lowest BCUT2D eigenvalue weighted by molar-refractivity contribution is -0.150. The Morgan fingerprint density at radius 1 is 1.10 bits per heavy atom. The first-order valence-electron chi connectivity index (χ1n) is 17.2. The molecule has 1 aromatic heterocycles. The molecule has 0 amide bonds. The van der Waals surface area contributed by atoms with E-state index in [1.54, 1.807) is 0 Å². The van der Waals surface area contributed by atoms with E-state index in [2.05, 4.69) is 64.7 Å². The Bertz CT molecular complexity index is 1930. The van der Waals surface area contributed by atoms with Crippen molar-refractivity contribution in [2.24, 2.45) is 22.7 Å². The monoisotopic (exact) mass is 683 g/mol. The summed E-state index contributed by atoms with van der Waals surface area (Å²) in [4.78, 5) is 29.4. The predicted molar refractivity (Wildman–Crippen MR) is 197 cm³/mol. The first-order chi connectivity index (χ1) is 23.0. The fourth-order valence-electron chi connectivity index (χ4n) is 7.21. The van der Waals surface area contributed by atoms with Crippen LogP contribution in [0.25, 0.3) is 17.0 Å². The molecule has 1 fully saturated rings. The normalized spacial score (nSPS) is 21.8. The van der Waals surface area contributed by atoms with Crippen LogP contribution in [0.5, 0.6) is 0 Å². The lowest BCUT2D eigenvalue weighted by Gasteiger charge is -2.37. The number of carbonyl (C=O) groups is 1. The molecule has 1 N–H and O–H groups in total. The Kier molecular flexibility index (Phi) is 10.3. The summed E-state index contributed by atoms with van der Waals surface area (Å²) in [7, 11) is -3.11. The van der Waals surface area contributed by atoms with Gasteiger partial charge >= 0.3 is 5.97 Å². The number of aliphatic imine (C=N–C) groups is 1. The van der Waals surface area contributed by atoms with Crippen LogP contribution in [0.2, 0.25) is 0 Å². The lowest BCUT2D eigenvalue weighted by atomic mass is 9.75. The van der Waals surface area contributed by atoms with E-state index in [-0.39, 0.29) is 40.3 Å². The molecule has 0 spiro atoms. The minimum absolute atomic E-state index is 0.00883. The molecule has 2 aliphatic rings. The molecule has 2 atom stereocenters. The second kappa shape index (κ2) is 13.9. The Morgan fingerprint density at radius 3 is 2.31 bits per heavy atom. The first-order valence-corrected chi connectivity index (χ1v) is 19.3. The molecule has 2 aromatic carbocycles. The zero-order valence-electron chi connectivity index (χ0n) is 30.2. The molecule has 9 nitrogen and oxygen atoms in total. The number of anilines is 1. The SMILES string of the molecule is CCN(CCS(C)(=O)=O)c1ccc(N=C2C(C#N)=C(C(=O)OC3C(C)CC(C)CC3C)c3nc(-c4ccc(C(C)(C)C)cc4)[nH]c32)c(C)c1. The average molecular weight is 684 g/mol. The quantitative estimate of drug-likeness (QED) is 0.230. The minimum Gasteiger partial charge on any atom is -0.458 e. The standard InChI is InChI=1S/C39H49N5O4S/c1-10-44(17-18-49(9,46)47)29-15-16-31(24(3)21-29)41-33-30(22-40)32(38(45)48-36-25(4)19-23(2)20-26(36)5)34-35(33)43-37(42-34)27-11-13-28(14-12-27)39(6,7)8/h11-16,21,23,25-26,36H,10,17-20H2,1-9H3,(H,42,43). The van der Waals surface area contributed by atoms with Crippen molar-refractivity contribution >= 4 is 38.5 Å². The average Bonchev–Trinajstić information content (AvgIpc) is 3.57. The number of sulfone groups is 1. The van der Waals surface area contributed by atoms with Crippen LogP contribution in [0.4, 0.5) is 11.4 Å². The van der Waals surface area contributed by atoms with E-state index >= 15 is 0 Å². The van der Waals surface area contributed by atoms with Crippen LogP contribution in [-0.2, 0) is 24.8 Å². The molecule has 260 valence electrons. The molecular formula is C39H49N5O4S. The zero-order valence-corrected chi connectivity index (χ0v) is 31.0. The van der Waals surface area contributed by atoms with E-state index in [0.717, 1.165) is 29.7 Å². The van der Waals surface area contributed by atoms with Gasteiger partial charge in [-0.15, -0.1) is 0 Å². The predicted octanol–water partition coefficient (Wildman–Crippen LogP) is 7.58. The van der Waals surface area contributed by atoms with Gasteiger partial charge in [-0.05, 0) is 79.2 Å². The maximum Gasteiger partial charge on any atom is 0.342 e. The van der Waals surface area contributed by atoms with Crippen LogP contribution in [0, 0.1) is 36.0 Å². The highest BCUT2D eigenvalue weighted by molar-refractivity contribution is 7.90. The van der Waals surface area contributed by atoms with Crippen LogP contribution in [0.3, 0.4) is 0 Å². The second-order valence-corrected chi connectivity index (χ2v) is 17.3. The number of rotatable bonds is 9. The van der Waals surface area contributed by atoms with Crippen molar-refractivity contribution < 1.29 is 17.9 Å². The molecule has 5 rings (SSSR count). The van der Waals surface area contributed by atoms with E-state index in [1.165, 1.54) is 11.8 Å². The van der Waals surface area contributed by atoms with Gasteiger partial charge in [0.2, 0.25) is 0 Å². The van der Waals surface area contributed by atoms with Gasteiger partial charge in [-0.25, -0.2) is 23.2 Å². The Morgan fingerprint density at radius 2 is 1.76 bits per heavy atom. The van der Waals surface area contributed by atoms with Crippen LogP contribution in [0.1, 0.15) is 83.8 Å². The van der Waals surface area contributed by atoms with Crippen LogP contribution in [-0.4, -0.2) is 61.3 Å². The van der Waals surface area contributed by atoms with Crippen molar-refractivity contribution in [3.05, 3.63) is 70.6 Å². The van der Waals surface area contributed by atoms with Crippen molar-refractivity contribution in [1.29, 1.82) is 5.26 Å². The van der Waals surface area contributed by atoms with Gasteiger partial charge in [-0.3, -0.25) is 0 Å². The van der Waals surface area contributed by atoms with Crippen LogP contribution < -0.4 is 4.90 Å². The smallest absolute Gasteiger partial charge is 0.342 e. The molecule has 2 aliphatic carbocycles. The van der Waals surface area contributed by atoms with Crippen molar-refractivity contribution in [2.45, 2.75) is 79.8 Å². The maximum atomic E-state index is 14.1. The van der Waals surface area contributed by atoms with Gasteiger partial charge < -0.3 is 14.6 Å². The van der Waals surface area contributed by atoms with Gasteiger partial charge in [0.1, 0.15) is 44.8 Å². The van der Waals surface area contributed by atoms with E-state index in [0.29, 0.717) is 47.6 Å². The van der Waals surface area contributed by atoms with Gasteiger partial charge in [-0.2, -0.15) is 5.26 Å². The van der Waals surface area contributed by atoms with Gasteiger partial charge in [0, 0.05) is 30.6 Å². The Hall–Kier alpha value is -4.23. The highest BCUT2D eigenvalue weighted by Crippen LogP contribution is 2.40. The number of ether oxygens (including phenoxy) is 1. The number of hydrogen-bond donors (Lipinski definition) is 1. The van der Waals surface area contributed by atoms with Crippen molar-refractivity contribution in [3.63, 3.8) is 0 Å². The first kappa shape index (κ1) is 36.1. The molecule has 2 unspecified atom stereocenters. The molecule has 49 heavy (non-hydrogen) atoms. The molecule has 1 heterocycles. The number of nitrogens with zero attached hydrogens (tertiary/aromatic N) is 4. The number of esters is 1. The van der Waals surface area contributed by atoms with Crippen molar-refractivity contribution in [1.82, 2.24) is 9.97 Å². The third kappa shape index (κ3) is 7.83. The number of imidazole rings is 1. The number of aromatic amines is 1. The number of fused-ring (bicyclic) bond motifs is 1. The van der Waals surface area contributed by atoms with E-state index in [4.69, 9.17) is 14.7 Å². The summed E-state index contributed by atoms with van der Waals surface area (Å²) in [5, 5.41) is 10.5. The number of nitrogens with one attached hydrogen (secondary N) is 1. The summed E-state index contributed by atoms with van der Waals surface area (Å²) >= 11 is 0. The van der Waals surface area contributed by atoms with Gasteiger partial charge in [-0.1, -0.05) is 65.8 Å². The summed E-state index contributed by atoms with van der Waals surface area (Å²) in [6.07, 6.45) is 2.92. The third-order valence-electron chi connectivity index (χ3n) is 9.81. The number of hydrogen-bond acceptors (Lipinski definition) is 8. The Balaban J connectivity index is 1.58. The molecule has 1 saturated carbocycles. The fourth-order valence-corrected chi connectivity index (χ4v) is 7.76. The number of nitriles is 1. The fraction of sp³-hybridized carbons (Fsp3) is 0.487. The molecule has 0 radical (unpaired) electrons. The summed E-state index contributed by atoms with van der Waals surface area (Å²) in [6.45, 7) is 17.9. The van der Waals surface area contributed by atoms with E-state index < -0.39 is 15.8 Å². The summed E-state index contributed by atoms with van der Waals surface area (Å²) in [6, 6.07) is 16.2. The van der Waals surface area contributed by atoms with E-state index in [9.17, 15) is 18.5 Å². The zero-order chi connectivity index (χ0) is 35.8. The maximum absolute atomic E-state index is 14.1. The van der Waals surface area contributed by atoms with Crippen molar-refractivity contribution in [3.8, 4) is 17.5 Å². The molecule has 10 heteroatoms. The summed E-state index contributed by atoms with van der Waals surface area (Å²) in [5.74, 6) is 1.02. The number of aryl methyl sites for hydroxylation is 1. The third-order valence-corrected chi connectivity index (χ3v) is 10.7. The van der Waals surface area contributed by atoms with E-state index in [1.807, 2.05) is 49.1 Å². The number of allylic oxidation sites excluding steroid dienone is 1. The minimum atomic E-state index is -3.11. The molecule has 0 saturated heterocycles. The molecule has 0 aliphatic heterocycles. The number of H-pyrrole nitrogens is 1. The Labute approximate surface area is 291 Å². The van der Waals surface area contributed by atoms with Gasteiger partial charge in [0.15, 0.2) is 0 Å². The molecule has 0 bridgehead atoms. The largest absolute Gasteiger partial charge is 0.458 e. The van der Waals surface area contributed by atoms with Gasteiger partial charge in [0.25, 0.3) is 0 Å². The topological polar surface area (TPSA) is 129 Å². The second-order valence-electron chi connectivity index (χ2n) is 15.0. The van der Waals surface area contributed by atoms with Crippen LogP contribution in [0.15, 0.2) is 53.0 Å². The van der Waals surface area contributed by atoms with Crippen molar-refractivity contribution in [2.75, 3.05) is 30.0 Å². The highest BCUT2D eigenvalue weighted by atomic mass is 32.2. The summed E-state index contributed by atoms with van der Waals surface area (Å²) < 4.78 is 29.9. The molecular weight excluding hydrogens is 635 g/mol. The number of aromatic nitrogens is 2. The van der Waals surface area contributed by atoms with Gasteiger partial charge in [0.05, 0.1) is 22.7 Å².